The molecule has 4 aliphatic rings. The van der Waals surface area contributed by atoms with Crippen molar-refractivity contribution in [3.8, 4) is 0 Å². The maximum atomic E-state index is 12.8. The second-order valence-electron chi connectivity index (χ2n) is 18.7. The van der Waals surface area contributed by atoms with Gasteiger partial charge in [-0.2, -0.15) is 0 Å². The summed E-state index contributed by atoms with van der Waals surface area (Å²) < 4.78 is 6.14. The molecule has 8 atom stereocenters. The third kappa shape index (κ3) is 11.7. The molecule has 0 N–H and O–H groups in total. The van der Waals surface area contributed by atoms with E-state index >= 15 is 0 Å². The molecule has 4 aliphatic carbocycles. The van der Waals surface area contributed by atoms with Gasteiger partial charge in [-0.05, 0) is 123 Å². The summed E-state index contributed by atoms with van der Waals surface area (Å²) in [5.41, 5.74) is 2.53. The van der Waals surface area contributed by atoms with Gasteiger partial charge in [0.25, 0.3) is 0 Å². The number of allylic oxidation sites excluding steroid dienone is 3. The molecule has 0 spiro atoms. The Kier molecular flexibility index (Phi) is 17.3. The summed E-state index contributed by atoms with van der Waals surface area (Å²) in [6, 6.07) is 0. The first-order valence-electron chi connectivity index (χ1n) is 22.2. The van der Waals surface area contributed by atoms with Gasteiger partial charge < -0.3 is 4.74 Å². The summed E-state index contributed by atoms with van der Waals surface area (Å²) in [5, 5.41) is 0. The van der Waals surface area contributed by atoms with Crippen LogP contribution in [-0.2, 0) is 9.53 Å². The molecule has 0 heterocycles. The van der Waals surface area contributed by atoms with Crippen molar-refractivity contribution in [2.24, 2.45) is 46.3 Å². The van der Waals surface area contributed by atoms with E-state index in [9.17, 15) is 4.79 Å². The van der Waals surface area contributed by atoms with Crippen LogP contribution >= 0.6 is 0 Å². The van der Waals surface area contributed by atoms with Crippen LogP contribution in [0.5, 0.6) is 0 Å². The number of unbranched alkanes of at least 4 members (excludes halogenated alkanes) is 13. The summed E-state index contributed by atoms with van der Waals surface area (Å²) >= 11 is 0. The summed E-state index contributed by atoms with van der Waals surface area (Å²) in [4.78, 5) is 12.8. The van der Waals surface area contributed by atoms with Crippen LogP contribution in [0.2, 0.25) is 0 Å². The maximum absolute atomic E-state index is 12.8. The Morgan fingerprint density at radius 2 is 1.43 bits per heavy atom. The Morgan fingerprint density at radius 1 is 0.776 bits per heavy atom. The van der Waals surface area contributed by atoms with Crippen molar-refractivity contribution < 1.29 is 9.53 Å². The van der Waals surface area contributed by atoms with E-state index in [0.29, 0.717) is 17.3 Å². The number of hydrogen-bond donors (Lipinski definition) is 0. The second kappa shape index (κ2) is 20.9. The summed E-state index contributed by atoms with van der Waals surface area (Å²) in [7, 11) is 0. The fraction of sp³-hybridized carbons (Fsp3) is 0.894. The van der Waals surface area contributed by atoms with Crippen LogP contribution in [0.1, 0.15) is 215 Å². The van der Waals surface area contributed by atoms with Crippen molar-refractivity contribution in [2.45, 2.75) is 221 Å². The maximum Gasteiger partial charge on any atom is 0.306 e. The van der Waals surface area contributed by atoms with E-state index in [1.54, 1.807) is 5.57 Å². The second-order valence-corrected chi connectivity index (χ2v) is 18.7. The molecule has 49 heavy (non-hydrogen) atoms. The highest BCUT2D eigenvalue weighted by Gasteiger charge is 2.59. The monoisotopic (exact) mass is 679 g/mol. The molecule has 0 aromatic rings. The number of rotatable bonds is 23. The minimum atomic E-state index is 0.0589. The zero-order valence-corrected chi connectivity index (χ0v) is 33.7. The molecule has 0 bridgehead atoms. The van der Waals surface area contributed by atoms with Crippen LogP contribution in [0.3, 0.4) is 0 Å². The molecule has 282 valence electrons. The fourth-order valence-corrected chi connectivity index (χ4v) is 11.7. The number of ether oxygens (including phenoxy) is 1. The molecule has 3 fully saturated rings. The van der Waals surface area contributed by atoms with Gasteiger partial charge in [0.15, 0.2) is 0 Å². The van der Waals surface area contributed by atoms with Crippen molar-refractivity contribution in [2.75, 3.05) is 0 Å². The Morgan fingerprint density at radius 3 is 2.10 bits per heavy atom. The first-order valence-corrected chi connectivity index (χ1v) is 22.2. The van der Waals surface area contributed by atoms with Gasteiger partial charge in [0, 0.05) is 12.8 Å². The Bertz CT molecular complexity index is 1010. The predicted octanol–water partition coefficient (Wildman–Crippen LogP) is 14.8. The third-order valence-corrected chi connectivity index (χ3v) is 14.7. The number of esters is 1. The van der Waals surface area contributed by atoms with E-state index < -0.39 is 0 Å². The standard InChI is InChI=1S/C47H82O2/c1-7-8-9-10-11-12-13-14-15-16-17-18-19-20-21-22-23-27-45(48)49-40-32-34-46(5)39(36-40)28-29-41-43-31-30-42(38(4)26-24-25-37(2)3)47(43,6)35-33-44(41)46/h14-15,28,37-38,40-44H,7-13,16-27,29-36H2,1-6H3/t38-,40+,41+,42-,43+,44+,46+,47-/m1/s1. The lowest BCUT2D eigenvalue weighted by Crippen LogP contribution is -2.51. The van der Waals surface area contributed by atoms with Gasteiger partial charge in [-0.1, -0.05) is 149 Å². The van der Waals surface area contributed by atoms with E-state index in [1.165, 1.54) is 148 Å². The lowest BCUT2D eigenvalue weighted by Gasteiger charge is -2.58. The number of carbonyl (C=O) groups excluding carboxylic acids is 1. The first kappa shape index (κ1) is 40.7. The predicted molar refractivity (Wildman–Crippen MR) is 212 cm³/mol. The van der Waals surface area contributed by atoms with E-state index in [4.69, 9.17) is 4.74 Å². The van der Waals surface area contributed by atoms with Crippen LogP contribution in [0, 0.1) is 46.3 Å². The molecule has 0 aromatic carbocycles. The third-order valence-electron chi connectivity index (χ3n) is 14.7. The Balaban J connectivity index is 1.08. The molecule has 0 saturated heterocycles. The fourth-order valence-electron chi connectivity index (χ4n) is 11.7. The minimum Gasteiger partial charge on any atom is -0.462 e. The molecule has 0 aromatic heterocycles. The quantitative estimate of drug-likeness (QED) is 0.0611. The van der Waals surface area contributed by atoms with Crippen LogP contribution < -0.4 is 0 Å². The summed E-state index contributed by atoms with van der Waals surface area (Å²) in [6.45, 7) is 14.9. The number of hydrogen-bond acceptors (Lipinski definition) is 2. The van der Waals surface area contributed by atoms with E-state index in [1.807, 2.05) is 0 Å². The minimum absolute atomic E-state index is 0.0589. The van der Waals surface area contributed by atoms with Gasteiger partial charge in [0.1, 0.15) is 6.10 Å². The normalized spacial score (nSPS) is 31.7. The molecule has 0 unspecified atom stereocenters. The zero-order chi connectivity index (χ0) is 35.1. The van der Waals surface area contributed by atoms with Gasteiger partial charge in [0.2, 0.25) is 0 Å². The van der Waals surface area contributed by atoms with Crippen LogP contribution in [-0.4, -0.2) is 12.1 Å². The topological polar surface area (TPSA) is 26.3 Å². The molecular formula is C47H82O2. The smallest absolute Gasteiger partial charge is 0.306 e. The largest absolute Gasteiger partial charge is 0.462 e. The highest BCUT2D eigenvalue weighted by molar-refractivity contribution is 5.69. The van der Waals surface area contributed by atoms with E-state index in [2.05, 4.69) is 59.8 Å². The molecule has 0 amide bonds. The molecule has 3 saturated carbocycles. The average Bonchev–Trinajstić information content (AvgIpc) is 3.43. The molecule has 0 aliphatic heterocycles. The Labute approximate surface area is 305 Å². The average molecular weight is 679 g/mol. The van der Waals surface area contributed by atoms with Crippen LogP contribution in [0.4, 0.5) is 0 Å². The molecular weight excluding hydrogens is 597 g/mol. The SMILES string of the molecule is CCCCCCCCC=CCCCCCCCCCC(=O)O[C@H]1CC[C@@]2(C)C(=CC[C@H]3[C@@H]4CC[C@H]([C@H](C)CCCC(C)C)[C@@]4(C)CC[C@@H]32)C1. The van der Waals surface area contributed by atoms with Gasteiger partial charge in [-0.15, -0.1) is 0 Å². The number of fused-ring (bicyclic) bond motifs is 5. The molecule has 2 heteroatoms. The van der Waals surface area contributed by atoms with Crippen molar-refractivity contribution in [3.63, 3.8) is 0 Å². The zero-order valence-electron chi connectivity index (χ0n) is 33.7. The number of carbonyl (C=O) groups is 1. The van der Waals surface area contributed by atoms with Crippen LogP contribution in [0.15, 0.2) is 23.8 Å². The Hall–Kier alpha value is -1.05. The molecule has 0 radical (unpaired) electrons. The van der Waals surface area contributed by atoms with Crippen molar-refractivity contribution in [1.29, 1.82) is 0 Å². The lowest BCUT2D eigenvalue weighted by atomic mass is 9.47. The highest BCUT2D eigenvalue weighted by atomic mass is 16.5. The summed E-state index contributed by atoms with van der Waals surface area (Å²) in [6.07, 6.45) is 42.4. The van der Waals surface area contributed by atoms with Gasteiger partial charge >= 0.3 is 5.97 Å². The summed E-state index contributed by atoms with van der Waals surface area (Å²) in [5.74, 6) is 5.32. The highest BCUT2D eigenvalue weighted by Crippen LogP contribution is 2.67. The van der Waals surface area contributed by atoms with Crippen molar-refractivity contribution in [3.05, 3.63) is 23.8 Å². The van der Waals surface area contributed by atoms with Crippen LogP contribution in [0.25, 0.3) is 0 Å². The van der Waals surface area contributed by atoms with Gasteiger partial charge in [0.05, 0.1) is 0 Å². The van der Waals surface area contributed by atoms with E-state index in [-0.39, 0.29) is 12.1 Å². The van der Waals surface area contributed by atoms with Crippen molar-refractivity contribution >= 4 is 5.97 Å². The molecule has 4 rings (SSSR count). The van der Waals surface area contributed by atoms with Crippen molar-refractivity contribution in [1.82, 2.24) is 0 Å². The van der Waals surface area contributed by atoms with Gasteiger partial charge in [-0.3, -0.25) is 4.79 Å². The molecule has 2 nitrogen and oxygen atoms in total. The first-order chi connectivity index (χ1) is 23.7. The van der Waals surface area contributed by atoms with E-state index in [0.717, 1.165) is 54.8 Å². The lowest BCUT2D eigenvalue weighted by molar-refractivity contribution is -0.151. The van der Waals surface area contributed by atoms with Gasteiger partial charge in [-0.25, -0.2) is 0 Å².